The standard InChI is InChI=1S/C30H25N5O2/c1-19-8-10-21(11-9-19)28-25(6-5-15-32-28)30(37)35-24-13-12-22-16-23(18-33-27(22)17-24)29(36)34-20(2)26-7-3-4-14-31-26/h3-18,20H,1-2H3,(H,34,36)(H,35,37). The van der Waals surface area contributed by atoms with Gasteiger partial charge in [-0.25, -0.2) is 0 Å². The zero-order chi connectivity index (χ0) is 25.8. The minimum absolute atomic E-state index is 0.231. The van der Waals surface area contributed by atoms with Crippen molar-refractivity contribution in [1.82, 2.24) is 20.3 Å². The fraction of sp³-hybridized carbons (Fsp3) is 0.100. The van der Waals surface area contributed by atoms with Crippen LogP contribution in [-0.4, -0.2) is 26.8 Å². The van der Waals surface area contributed by atoms with Crippen LogP contribution >= 0.6 is 0 Å². The molecule has 5 rings (SSSR count). The van der Waals surface area contributed by atoms with Crippen LogP contribution in [-0.2, 0) is 0 Å². The summed E-state index contributed by atoms with van der Waals surface area (Å²) in [5, 5.41) is 6.69. The number of carbonyl (C=O) groups excluding carboxylic acids is 2. The molecule has 0 saturated heterocycles. The largest absolute Gasteiger partial charge is 0.344 e. The van der Waals surface area contributed by atoms with Gasteiger partial charge in [-0.15, -0.1) is 0 Å². The molecule has 0 fully saturated rings. The Morgan fingerprint density at radius 1 is 0.811 bits per heavy atom. The van der Waals surface area contributed by atoms with Crippen LogP contribution in [0.1, 0.15) is 44.9 Å². The summed E-state index contributed by atoms with van der Waals surface area (Å²) < 4.78 is 0. The third kappa shape index (κ3) is 5.36. The Kier molecular flexibility index (Phi) is 6.68. The number of carbonyl (C=O) groups is 2. The molecule has 0 aliphatic carbocycles. The first-order chi connectivity index (χ1) is 18.0. The maximum absolute atomic E-state index is 13.1. The molecule has 0 spiro atoms. The number of nitrogens with zero attached hydrogens (tertiary/aromatic N) is 3. The second-order valence-electron chi connectivity index (χ2n) is 8.80. The first-order valence-corrected chi connectivity index (χ1v) is 11.9. The maximum Gasteiger partial charge on any atom is 0.257 e. The molecule has 1 atom stereocenters. The van der Waals surface area contributed by atoms with Crippen molar-refractivity contribution in [2.75, 3.05) is 5.32 Å². The van der Waals surface area contributed by atoms with Crippen molar-refractivity contribution in [3.63, 3.8) is 0 Å². The zero-order valence-corrected chi connectivity index (χ0v) is 20.5. The van der Waals surface area contributed by atoms with Gasteiger partial charge in [0.15, 0.2) is 0 Å². The molecule has 0 aliphatic rings. The number of nitrogens with one attached hydrogen (secondary N) is 2. The van der Waals surface area contributed by atoms with E-state index < -0.39 is 0 Å². The van der Waals surface area contributed by atoms with E-state index >= 15 is 0 Å². The Bertz CT molecular complexity index is 1580. The molecule has 0 bridgehead atoms. The van der Waals surface area contributed by atoms with Crippen LogP contribution in [0.2, 0.25) is 0 Å². The van der Waals surface area contributed by atoms with E-state index in [2.05, 4.69) is 25.6 Å². The first kappa shape index (κ1) is 23.8. The molecule has 0 radical (unpaired) electrons. The minimum atomic E-state index is -0.262. The highest BCUT2D eigenvalue weighted by atomic mass is 16.2. The highest BCUT2D eigenvalue weighted by molar-refractivity contribution is 6.08. The van der Waals surface area contributed by atoms with Gasteiger partial charge in [-0.2, -0.15) is 0 Å². The van der Waals surface area contributed by atoms with Gasteiger partial charge in [0, 0.05) is 35.2 Å². The van der Waals surface area contributed by atoms with Gasteiger partial charge in [-0.3, -0.25) is 24.5 Å². The van der Waals surface area contributed by atoms with Crippen molar-refractivity contribution in [3.8, 4) is 11.3 Å². The average molecular weight is 488 g/mol. The number of fused-ring (bicyclic) bond motifs is 1. The second kappa shape index (κ2) is 10.4. The van der Waals surface area contributed by atoms with E-state index in [-0.39, 0.29) is 17.9 Å². The van der Waals surface area contributed by atoms with Crippen LogP contribution in [0.3, 0.4) is 0 Å². The third-order valence-corrected chi connectivity index (χ3v) is 6.06. The number of aromatic nitrogens is 3. The van der Waals surface area contributed by atoms with E-state index in [4.69, 9.17) is 0 Å². The second-order valence-corrected chi connectivity index (χ2v) is 8.80. The molecule has 5 aromatic rings. The van der Waals surface area contributed by atoms with Crippen molar-refractivity contribution in [2.45, 2.75) is 19.9 Å². The Balaban J connectivity index is 1.33. The fourth-order valence-corrected chi connectivity index (χ4v) is 4.04. The molecular weight excluding hydrogens is 462 g/mol. The number of aryl methyl sites for hydroxylation is 1. The molecular formula is C30H25N5O2. The van der Waals surface area contributed by atoms with Gasteiger partial charge in [-0.05, 0) is 56.3 Å². The van der Waals surface area contributed by atoms with Gasteiger partial charge in [0.05, 0.1) is 34.1 Å². The molecule has 1 unspecified atom stereocenters. The summed E-state index contributed by atoms with van der Waals surface area (Å²) in [7, 11) is 0. The smallest absolute Gasteiger partial charge is 0.257 e. The van der Waals surface area contributed by atoms with Crippen LogP contribution < -0.4 is 10.6 Å². The predicted octanol–water partition coefficient (Wildman–Crippen LogP) is 5.74. The lowest BCUT2D eigenvalue weighted by Crippen LogP contribution is -2.27. The lowest BCUT2D eigenvalue weighted by Gasteiger charge is -2.13. The Morgan fingerprint density at radius 3 is 2.41 bits per heavy atom. The SMILES string of the molecule is Cc1ccc(-c2ncccc2C(=O)Nc2ccc3cc(C(=O)NC(C)c4ccccn4)cnc3c2)cc1. The fourth-order valence-electron chi connectivity index (χ4n) is 4.04. The molecule has 182 valence electrons. The van der Waals surface area contributed by atoms with Gasteiger partial charge in [-0.1, -0.05) is 42.0 Å². The van der Waals surface area contributed by atoms with E-state index in [0.29, 0.717) is 28.0 Å². The molecule has 7 nitrogen and oxygen atoms in total. The number of rotatable bonds is 6. The van der Waals surface area contributed by atoms with Gasteiger partial charge < -0.3 is 10.6 Å². The Labute approximate surface area is 214 Å². The minimum Gasteiger partial charge on any atom is -0.344 e. The van der Waals surface area contributed by atoms with E-state index in [1.54, 1.807) is 42.7 Å². The molecule has 2 N–H and O–H groups in total. The molecule has 3 aromatic heterocycles. The summed E-state index contributed by atoms with van der Waals surface area (Å²) in [4.78, 5) is 39.1. The normalized spacial score (nSPS) is 11.6. The molecule has 0 aliphatic heterocycles. The number of pyridine rings is 3. The van der Waals surface area contributed by atoms with Gasteiger partial charge in [0.25, 0.3) is 11.8 Å². The van der Waals surface area contributed by atoms with Crippen molar-refractivity contribution >= 4 is 28.4 Å². The Hall–Kier alpha value is -4.91. The maximum atomic E-state index is 13.1. The number of hydrogen-bond donors (Lipinski definition) is 2. The number of benzene rings is 2. The zero-order valence-electron chi connectivity index (χ0n) is 20.5. The van der Waals surface area contributed by atoms with E-state index in [1.165, 1.54) is 6.20 Å². The van der Waals surface area contributed by atoms with E-state index in [1.807, 2.05) is 62.4 Å². The van der Waals surface area contributed by atoms with Crippen LogP contribution in [0.5, 0.6) is 0 Å². The summed E-state index contributed by atoms with van der Waals surface area (Å²) in [5.41, 5.74) is 5.61. The molecule has 0 saturated carbocycles. The van der Waals surface area contributed by atoms with Gasteiger partial charge in [0.1, 0.15) is 0 Å². The summed E-state index contributed by atoms with van der Waals surface area (Å²) in [6.07, 6.45) is 4.91. The van der Waals surface area contributed by atoms with Crippen molar-refractivity contribution in [3.05, 3.63) is 120 Å². The summed E-state index contributed by atoms with van der Waals surface area (Å²) >= 11 is 0. The van der Waals surface area contributed by atoms with Crippen LogP contribution in [0.25, 0.3) is 22.2 Å². The van der Waals surface area contributed by atoms with Crippen molar-refractivity contribution in [1.29, 1.82) is 0 Å². The lowest BCUT2D eigenvalue weighted by atomic mass is 10.0. The highest BCUT2D eigenvalue weighted by Gasteiger charge is 2.16. The molecule has 37 heavy (non-hydrogen) atoms. The topological polar surface area (TPSA) is 96.9 Å². The molecule has 2 amide bonds. The highest BCUT2D eigenvalue weighted by Crippen LogP contribution is 2.24. The quantitative estimate of drug-likeness (QED) is 0.318. The number of amides is 2. The van der Waals surface area contributed by atoms with Crippen LogP contribution in [0.15, 0.2) is 97.5 Å². The predicted molar refractivity (Wildman–Crippen MR) is 144 cm³/mol. The number of anilines is 1. The molecule has 3 heterocycles. The van der Waals surface area contributed by atoms with Crippen LogP contribution in [0.4, 0.5) is 5.69 Å². The monoisotopic (exact) mass is 487 g/mol. The molecule has 2 aromatic carbocycles. The summed E-state index contributed by atoms with van der Waals surface area (Å²) in [6, 6.07) is 24.0. The van der Waals surface area contributed by atoms with Crippen LogP contribution in [0, 0.1) is 6.92 Å². The van der Waals surface area contributed by atoms with Gasteiger partial charge in [0.2, 0.25) is 0 Å². The number of hydrogen-bond acceptors (Lipinski definition) is 5. The molecule has 7 heteroatoms. The first-order valence-electron chi connectivity index (χ1n) is 11.9. The summed E-state index contributed by atoms with van der Waals surface area (Å²) in [5.74, 6) is -0.493. The van der Waals surface area contributed by atoms with Gasteiger partial charge >= 0.3 is 0 Å². The average Bonchev–Trinajstić information content (AvgIpc) is 2.93. The lowest BCUT2D eigenvalue weighted by molar-refractivity contribution is 0.0938. The van der Waals surface area contributed by atoms with Crippen molar-refractivity contribution < 1.29 is 9.59 Å². The van der Waals surface area contributed by atoms with E-state index in [9.17, 15) is 9.59 Å². The Morgan fingerprint density at radius 2 is 1.62 bits per heavy atom. The van der Waals surface area contributed by atoms with Crippen molar-refractivity contribution in [2.24, 2.45) is 0 Å². The third-order valence-electron chi connectivity index (χ3n) is 6.06. The summed E-state index contributed by atoms with van der Waals surface area (Å²) in [6.45, 7) is 3.90. The van der Waals surface area contributed by atoms with E-state index in [0.717, 1.165) is 22.2 Å².